The van der Waals surface area contributed by atoms with Crippen LogP contribution in [0.4, 0.5) is 0 Å². The Hall–Kier alpha value is -3.44. The minimum Gasteiger partial charge on any atom is -0.451 e. The van der Waals surface area contributed by atoms with Crippen molar-refractivity contribution in [3.63, 3.8) is 0 Å². The van der Waals surface area contributed by atoms with Gasteiger partial charge in [0.25, 0.3) is 5.91 Å². The van der Waals surface area contributed by atoms with E-state index in [0.29, 0.717) is 24.1 Å². The van der Waals surface area contributed by atoms with E-state index in [1.54, 1.807) is 29.2 Å². The molecule has 0 atom stereocenters. The summed E-state index contributed by atoms with van der Waals surface area (Å²) in [5.74, 6) is -0.108. The first-order valence-corrected chi connectivity index (χ1v) is 10.2. The standard InChI is InChI=1S/C25H22N2O3/c28-22-16-24(30-23-11-4-3-10-21(22)23)25(29)27-14-12-26(13-15-27)17-19-8-5-7-18-6-1-2-9-20(18)19/h1-11,16H,12-15,17H2. The van der Waals surface area contributed by atoms with Gasteiger partial charge in [0.05, 0.1) is 5.39 Å². The number of nitrogens with zero attached hydrogens (tertiary/aromatic N) is 2. The first-order chi connectivity index (χ1) is 14.7. The first kappa shape index (κ1) is 18.6. The Morgan fingerprint density at radius 1 is 0.833 bits per heavy atom. The molecule has 0 N–H and O–H groups in total. The number of para-hydroxylation sites is 1. The van der Waals surface area contributed by atoms with Gasteiger partial charge in [0, 0.05) is 38.8 Å². The van der Waals surface area contributed by atoms with Crippen LogP contribution in [0.25, 0.3) is 21.7 Å². The van der Waals surface area contributed by atoms with E-state index >= 15 is 0 Å². The van der Waals surface area contributed by atoms with Gasteiger partial charge in [-0.25, -0.2) is 0 Å². The fourth-order valence-electron chi connectivity index (χ4n) is 4.15. The van der Waals surface area contributed by atoms with Crippen LogP contribution in [-0.4, -0.2) is 41.9 Å². The summed E-state index contributed by atoms with van der Waals surface area (Å²) >= 11 is 0. The Labute approximate surface area is 174 Å². The molecule has 2 heterocycles. The normalized spacial score (nSPS) is 15.0. The fraction of sp³-hybridized carbons (Fsp3) is 0.200. The van der Waals surface area contributed by atoms with Crippen LogP contribution in [0.15, 0.2) is 82.0 Å². The maximum absolute atomic E-state index is 12.9. The molecular weight excluding hydrogens is 376 g/mol. The lowest BCUT2D eigenvalue weighted by atomic mass is 10.0. The van der Waals surface area contributed by atoms with Crippen LogP contribution in [-0.2, 0) is 6.54 Å². The highest BCUT2D eigenvalue weighted by atomic mass is 16.3. The minimum absolute atomic E-state index is 0.112. The third-order valence-electron chi connectivity index (χ3n) is 5.78. The van der Waals surface area contributed by atoms with Gasteiger partial charge in [-0.3, -0.25) is 14.5 Å². The second-order valence-corrected chi connectivity index (χ2v) is 7.68. The van der Waals surface area contributed by atoms with Crippen molar-refractivity contribution in [3.8, 4) is 0 Å². The van der Waals surface area contributed by atoms with Crippen LogP contribution in [0, 0.1) is 0 Å². The molecule has 0 saturated carbocycles. The van der Waals surface area contributed by atoms with Crippen molar-refractivity contribution < 1.29 is 9.21 Å². The van der Waals surface area contributed by atoms with Gasteiger partial charge in [-0.05, 0) is 28.5 Å². The highest BCUT2D eigenvalue weighted by Gasteiger charge is 2.24. The highest BCUT2D eigenvalue weighted by Crippen LogP contribution is 2.21. The molecule has 5 nitrogen and oxygen atoms in total. The van der Waals surface area contributed by atoms with E-state index in [1.807, 2.05) is 0 Å². The Kier molecular flexibility index (Phi) is 4.81. The quantitative estimate of drug-likeness (QED) is 0.525. The van der Waals surface area contributed by atoms with Crippen molar-refractivity contribution in [1.82, 2.24) is 9.80 Å². The summed E-state index contributed by atoms with van der Waals surface area (Å²) in [5.41, 5.74) is 1.56. The van der Waals surface area contributed by atoms with Crippen molar-refractivity contribution in [2.45, 2.75) is 6.54 Å². The van der Waals surface area contributed by atoms with E-state index < -0.39 is 0 Å². The SMILES string of the molecule is O=C(c1cc(=O)c2ccccc2o1)N1CCN(Cc2cccc3ccccc23)CC1. The van der Waals surface area contributed by atoms with Crippen LogP contribution < -0.4 is 5.43 Å². The third-order valence-corrected chi connectivity index (χ3v) is 5.78. The molecule has 1 aromatic heterocycles. The summed E-state index contributed by atoms with van der Waals surface area (Å²) in [7, 11) is 0. The fourth-order valence-corrected chi connectivity index (χ4v) is 4.15. The number of hydrogen-bond donors (Lipinski definition) is 0. The van der Waals surface area contributed by atoms with Gasteiger partial charge < -0.3 is 9.32 Å². The van der Waals surface area contributed by atoms with Gasteiger partial charge in [-0.2, -0.15) is 0 Å². The van der Waals surface area contributed by atoms with Crippen molar-refractivity contribution in [2.75, 3.05) is 26.2 Å². The molecule has 0 aliphatic carbocycles. The van der Waals surface area contributed by atoms with Gasteiger partial charge in [0.15, 0.2) is 11.2 Å². The summed E-state index contributed by atoms with van der Waals surface area (Å²) in [6.45, 7) is 3.65. The van der Waals surface area contributed by atoms with Gasteiger partial charge >= 0.3 is 0 Å². The first-order valence-electron chi connectivity index (χ1n) is 10.2. The number of benzene rings is 3. The van der Waals surface area contributed by atoms with Gasteiger partial charge in [-0.1, -0.05) is 54.6 Å². The summed E-state index contributed by atoms with van der Waals surface area (Å²) in [5, 5.41) is 3.01. The molecule has 0 bridgehead atoms. The topological polar surface area (TPSA) is 53.8 Å². The second-order valence-electron chi connectivity index (χ2n) is 7.68. The molecule has 5 heteroatoms. The van der Waals surface area contributed by atoms with Crippen molar-refractivity contribution in [3.05, 3.63) is 94.3 Å². The molecule has 30 heavy (non-hydrogen) atoms. The van der Waals surface area contributed by atoms with Gasteiger partial charge in [-0.15, -0.1) is 0 Å². The van der Waals surface area contributed by atoms with Crippen LogP contribution in [0.5, 0.6) is 0 Å². The number of amides is 1. The molecule has 1 aliphatic heterocycles. The Bertz CT molecular complexity index is 1280. The minimum atomic E-state index is -0.220. The third kappa shape index (κ3) is 3.48. The van der Waals surface area contributed by atoms with E-state index in [-0.39, 0.29) is 17.1 Å². The van der Waals surface area contributed by atoms with Crippen LogP contribution in [0.2, 0.25) is 0 Å². The lowest BCUT2D eigenvalue weighted by Crippen LogP contribution is -2.48. The van der Waals surface area contributed by atoms with Crippen molar-refractivity contribution in [2.24, 2.45) is 0 Å². The second kappa shape index (κ2) is 7.76. The molecule has 4 aromatic rings. The average Bonchev–Trinajstić information content (AvgIpc) is 2.79. The maximum Gasteiger partial charge on any atom is 0.289 e. The summed E-state index contributed by atoms with van der Waals surface area (Å²) < 4.78 is 5.72. The summed E-state index contributed by atoms with van der Waals surface area (Å²) in [4.78, 5) is 29.4. The monoisotopic (exact) mass is 398 g/mol. The van der Waals surface area contributed by atoms with Crippen LogP contribution in [0.1, 0.15) is 16.1 Å². The predicted molar refractivity (Wildman–Crippen MR) is 118 cm³/mol. The average molecular weight is 398 g/mol. The highest BCUT2D eigenvalue weighted by molar-refractivity contribution is 5.93. The van der Waals surface area contributed by atoms with E-state index in [0.717, 1.165) is 19.6 Å². The lowest BCUT2D eigenvalue weighted by molar-refractivity contribution is 0.0599. The largest absolute Gasteiger partial charge is 0.451 e. The molecule has 150 valence electrons. The molecule has 1 fully saturated rings. The smallest absolute Gasteiger partial charge is 0.289 e. The predicted octanol–water partition coefficient (Wildman–Crippen LogP) is 3.90. The van der Waals surface area contributed by atoms with E-state index in [1.165, 1.54) is 22.4 Å². The molecular formula is C25H22N2O3. The summed E-state index contributed by atoms with van der Waals surface area (Å²) in [6, 6.07) is 23.1. The molecule has 1 amide bonds. The Balaban J connectivity index is 1.29. The number of carbonyl (C=O) groups excluding carboxylic acids is 1. The Morgan fingerprint density at radius 3 is 2.37 bits per heavy atom. The summed E-state index contributed by atoms with van der Waals surface area (Å²) in [6.07, 6.45) is 0. The molecule has 1 saturated heterocycles. The van der Waals surface area contributed by atoms with Crippen LogP contribution in [0.3, 0.4) is 0 Å². The van der Waals surface area contributed by atoms with Gasteiger partial charge in [0.2, 0.25) is 0 Å². The number of rotatable bonds is 3. The molecule has 0 radical (unpaired) electrons. The molecule has 5 rings (SSSR count). The molecule has 1 aliphatic rings. The molecule has 3 aromatic carbocycles. The maximum atomic E-state index is 12.9. The molecule has 0 unspecified atom stereocenters. The zero-order valence-corrected chi connectivity index (χ0v) is 16.6. The van der Waals surface area contributed by atoms with E-state index in [2.05, 4.69) is 47.4 Å². The zero-order chi connectivity index (χ0) is 20.5. The lowest BCUT2D eigenvalue weighted by Gasteiger charge is -2.34. The Morgan fingerprint density at radius 2 is 1.53 bits per heavy atom. The number of hydrogen-bond acceptors (Lipinski definition) is 4. The number of fused-ring (bicyclic) bond motifs is 2. The van der Waals surface area contributed by atoms with Crippen LogP contribution >= 0.6 is 0 Å². The molecule has 0 spiro atoms. The number of carbonyl (C=O) groups is 1. The van der Waals surface area contributed by atoms with E-state index in [4.69, 9.17) is 4.42 Å². The van der Waals surface area contributed by atoms with Crippen molar-refractivity contribution in [1.29, 1.82) is 0 Å². The van der Waals surface area contributed by atoms with E-state index in [9.17, 15) is 9.59 Å². The van der Waals surface area contributed by atoms with Gasteiger partial charge in [0.1, 0.15) is 5.58 Å². The number of piperazine rings is 1. The zero-order valence-electron chi connectivity index (χ0n) is 16.6. The van der Waals surface area contributed by atoms with Crippen molar-refractivity contribution >= 4 is 27.6 Å².